The third-order valence-electron chi connectivity index (χ3n) is 5.29. The van der Waals surface area contributed by atoms with Crippen LogP contribution >= 0.6 is 11.3 Å². The fourth-order valence-electron chi connectivity index (χ4n) is 3.23. The minimum absolute atomic E-state index is 0.128. The number of benzene rings is 2. The Morgan fingerprint density at radius 2 is 1.49 bits per heavy atom. The van der Waals surface area contributed by atoms with Gasteiger partial charge in [-0.3, -0.25) is 10.1 Å². The summed E-state index contributed by atoms with van der Waals surface area (Å²) in [4.78, 5) is 15.9. The first-order valence-electron chi connectivity index (χ1n) is 10.3. The monoisotopic (exact) mass is 540 g/mol. The average Bonchev–Trinajstić information content (AvgIpc) is 3.28. The van der Waals surface area contributed by atoms with Gasteiger partial charge >= 0.3 is 0 Å². The van der Waals surface area contributed by atoms with Gasteiger partial charge in [0.2, 0.25) is 0 Å². The van der Waals surface area contributed by atoms with Crippen LogP contribution in [0.3, 0.4) is 0 Å². The molecule has 0 saturated carbocycles. The number of carbonyl (C=O) groups excluding carboxylic acids is 1. The molecule has 1 heterocycles. The van der Waals surface area contributed by atoms with E-state index in [0.717, 1.165) is 22.3 Å². The molecule has 14 N–H and O–H groups in total. The molecule has 15 nitrogen and oxygen atoms in total. The minimum Gasteiger partial charge on any atom is -0.504 e. The molecule has 0 aliphatic rings. The van der Waals surface area contributed by atoms with Crippen LogP contribution in [0.1, 0.15) is 16.8 Å². The molecule has 1 amide bonds. The summed E-state index contributed by atoms with van der Waals surface area (Å²) >= 11 is 0.756. The van der Waals surface area contributed by atoms with Gasteiger partial charge in [0, 0.05) is 11.9 Å². The van der Waals surface area contributed by atoms with Gasteiger partial charge in [0.05, 0.1) is 0 Å². The summed E-state index contributed by atoms with van der Waals surface area (Å²) in [6.07, 6.45) is 0.175. The lowest BCUT2D eigenvalue weighted by molar-refractivity contribution is -0.379. The predicted octanol–water partition coefficient (Wildman–Crippen LogP) is -2.07. The third kappa shape index (κ3) is 5.22. The largest absolute Gasteiger partial charge is 0.504 e. The summed E-state index contributed by atoms with van der Waals surface area (Å²) in [5.74, 6) is -19.0. The zero-order valence-electron chi connectivity index (χ0n) is 18.7. The Morgan fingerprint density at radius 3 is 2.00 bits per heavy atom. The number of nitrogen functional groups attached to an aromatic ring is 1. The Hall–Kier alpha value is -3.74. The van der Waals surface area contributed by atoms with Gasteiger partial charge in [-0.2, -0.15) is 0 Å². The predicted molar refractivity (Wildman–Crippen MR) is 126 cm³/mol. The number of anilines is 2. The number of rotatable bonds is 9. The summed E-state index contributed by atoms with van der Waals surface area (Å²) in [5, 5.41) is 107. The van der Waals surface area contributed by atoms with E-state index in [1.54, 1.807) is 35.6 Å². The van der Waals surface area contributed by atoms with E-state index in [1.165, 1.54) is 0 Å². The number of nitrogens with two attached hydrogens (primary N) is 1. The number of nitrogens with zero attached hydrogens (tertiary/aromatic N) is 1. The van der Waals surface area contributed by atoms with Gasteiger partial charge in [-0.25, -0.2) is 4.98 Å². The maximum absolute atomic E-state index is 12.4. The molecular weight excluding hydrogens is 516 g/mol. The molecule has 37 heavy (non-hydrogen) atoms. The number of hydrogen-bond acceptors (Lipinski definition) is 15. The molecule has 0 unspecified atom stereocenters. The Kier molecular flexibility index (Phi) is 7.49. The lowest BCUT2D eigenvalue weighted by Crippen LogP contribution is -2.61. The van der Waals surface area contributed by atoms with Crippen molar-refractivity contribution in [2.24, 2.45) is 0 Å². The van der Waals surface area contributed by atoms with Crippen LogP contribution in [0.4, 0.5) is 10.8 Å². The van der Waals surface area contributed by atoms with Crippen molar-refractivity contribution in [3.63, 3.8) is 0 Å². The molecule has 2 aromatic carbocycles. The first kappa shape index (κ1) is 27.8. The van der Waals surface area contributed by atoms with Gasteiger partial charge in [-0.1, -0.05) is 30.3 Å². The highest BCUT2D eigenvalue weighted by atomic mass is 32.1. The second-order valence-electron chi connectivity index (χ2n) is 7.85. The number of aromatic nitrogens is 1. The Morgan fingerprint density at radius 1 is 0.919 bits per heavy atom. The third-order valence-corrected chi connectivity index (χ3v) is 5.97. The van der Waals surface area contributed by atoms with Crippen LogP contribution in [0.5, 0.6) is 23.0 Å². The second-order valence-corrected chi connectivity index (χ2v) is 8.74. The van der Waals surface area contributed by atoms with Crippen molar-refractivity contribution < 1.29 is 55.9 Å². The molecular formula is C21H24N4O11S. The zero-order valence-corrected chi connectivity index (χ0v) is 19.5. The van der Waals surface area contributed by atoms with E-state index in [1.807, 2.05) is 5.32 Å². The SMILES string of the molecule is Nc1nc(C(O)(O)C(=O)Nc2c(O)c(O)c(C(O)(O)C(O)(O)NCCc3ccccc3)c(O)c2O)cs1. The summed E-state index contributed by atoms with van der Waals surface area (Å²) in [6.45, 7) is -0.260. The maximum Gasteiger partial charge on any atom is 0.291 e. The van der Waals surface area contributed by atoms with Crippen LogP contribution in [-0.4, -0.2) is 74.4 Å². The highest BCUT2D eigenvalue weighted by Gasteiger charge is 2.53. The Balaban J connectivity index is 1.90. The van der Waals surface area contributed by atoms with Gasteiger partial charge in [0.1, 0.15) is 16.9 Å². The molecule has 3 aromatic rings. The number of hydrogen-bond donors (Lipinski definition) is 13. The van der Waals surface area contributed by atoms with Gasteiger partial charge in [0.15, 0.2) is 28.1 Å². The molecule has 0 aliphatic heterocycles. The van der Waals surface area contributed by atoms with Crippen LogP contribution < -0.4 is 16.4 Å². The number of carbonyl (C=O) groups is 1. The lowest BCUT2D eigenvalue weighted by Gasteiger charge is -2.36. The number of nitrogens with one attached hydrogen (secondary N) is 2. The molecule has 1 aromatic heterocycles. The maximum atomic E-state index is 12.4. The molecule has 0 spiro atoms. The number of phenols is 4. The smallest absolute Gasteiger partial charge is 0.291 e. The molecule has 0 radical (unpaired) electrons. The Labute approximate surface area is 211 Å². The summed E-state index contributed by atoms with van der Waals surface area (Å²) in [6, 6.07) is 8.60. The number of amides is 1. The molecule has 0 saturated heterocycles. The van der Waals surface area contributed by atoms with Crippen molar-refractivity contribution in [1.29, 1.82) is 0 Å². The zero-order chi connectivity index (χ0) is 27.8. The molecule has 0 atom stereocenters. The average molecular weight is 541 g/mol. The van der Waals surface area contributed by atoms with Crippen molar-refractivity contribution in [1.82, 2.24) is 10.3 Å². The minimum atomic E-state index is -3.97. The Bertz CT molecular complexity index is 1270. The number of thiazole rings is 1. The van der Waals surface area contributed by atoms with Crippen LogP contribution in [-0.2, 0) is 22.8 Å². The molecule has 0 bridgehead atoms. The normalized spacial score (nSPS) is 12.5. The van der Waals surface area contributed by atoms with Crippen molar-refractivity contribution >= 4 is 28.1 Å². The summed E-state index contributed by atoms with van der Waals surface area (Å²) in [5.41, 5.74) is 2.72. The van der Waals surface area contributed by atoms with Crippen LogP contribution in [0, 0.1) is 0 Å². The fourth-order valence-corrected chi connectivity index (χ4v) is 3.84. The van der Waals surface area contributed by atoms with E-state index in [4.69, 9.17) is 5.73 Å². The number of aromatic hydroxyl groups is 4. The molecule has 0 aliphatic carbocycles. The standard InChI is InChI=1S/C21H24N4O11S/c22-18-24-10(8-37-18)19(31,32)17(30)25-12-15(28)13(26)11(14(27)16(12)29)20(33,34)21(35,36)23-7-6-9-4-2-1-3-5-9/h1-5,8,23,26-29,31-36H,6-7H2,(H2,22,24)(H,25,30). The van der Waals surface area contributed by atoms with Crippen LogP contribution in [0.25, 0.3) is 0 Å². The quantitative estimate of drug-likeness (QED) is 0.0789. The number of aliphatic hydroxyl groups is 6. The van der Waals surface area contributed by atoms with Gasteiger partial charge < -0.3 is 62.1 Å². The second kappa shape index (κ2) is 9.96. The summed E-state index contributed by atoms with van der Waals surface area (Å²) in [7, 11) is 0. The topological polar surface area (TPSA) is 282 Å². The van der Waals surface area contributed by atoms with Gasteiger partial charge in [-0.05, 0) is 12.0 Å². The molecule has 16 heteroatoms. The van der Waals surface area contributed by atoms with Gasteiger partial charge in [-0.15, -0.1) is 11.3 Å². The van der Waals surface area contributed by atoms with Crippen molar-refractivity contribution in [3.8, 4) is 23.0 Å². The van der Waals surface area contributed by atoms with E-state index in [-0.39, 0.29) is 18.1 Å². The summed E-state index contributed by atoms with van der Waals surface area (Å²) < 4.78 is 0. The van der Waals surface area contributed by atoms with E-state index >= 15 is 0 Å². The van der Waals surface area contributed by atoms with Gasteiger partial charge in [0.25, 0.3) is 23.4 Å². The fraction of sp³-hybridized carbons (Fsp3) is 0.238. The van der Waals surface area contributed by atoms with Crippen molar-refractivity contribution in [2.75, 3.05) is 17.6 Å². The van der Waals surface area contributed by atoms with Crippen LogP contribution in [0.2, 0.25) is 0 Å². The molecule has 0 fully saturated rings. The van der Waals surface area contributed by atoms with E-state index in [2.05, 4.69) is 4.98 Å². The number of phenolic OH excluding ortho intramolecular Hbond substituents is 4. The molecule has 200 valence electrons. The first-order chi connectivity index (χ1) is 17.1. The van der Waals surface area contributed by atoms with E-state index < -0.39 is 63.3 Å². The molecule has 3 rings (SSSR count). The first-order valence-corrected chi connectivity index (χ1v) is 11.2. The van der Waals surface area contributed by atoms with Crippen molar-refractivity contribution in [3.05, 3.63) is 52.5 Å². The van der Waals surface area contributed by atoms with E-state index in [9.17, 15) is 55.9 Å². The highest BCUT2D eigenvalue weighted by molar-refractivity contribution is 7.13. The van der Waals surface area contributed by atoms with Crippen LogP contribution in [0.15, 0.2) is 35.7 Å². The van der Waals surface area contributed by atoms with E-state index in [0.29, 0.717) is 0 Å². The van der Waals surface area contributed by atoms with Crippen molar-refractivity contribution in [2.45, 2.75) is 23.9 Å². The lowest BCUT2D eigenvalue weighted by atomic mass is 9.97. The highest BCUT2D eigenvalue weighted by Crippen LogP contribution is 2.54.